The number of hydrogen-bond acceptors (Lipinski definition) is 4. The third-order valence-electron chi connectivity index (χ3n) is 11.0. The molecule has 1 radical (unpaired) electrons. The normalized spacial score (nSPS) is 12.0. The Morgan fingerprint density at radius 1 is 0.650 bits per heavy atom. The Morgan fingerprint density at radius 3 is 1.95 bits per heavy atom. The van der Waals surface area contributed by atoms with Gasteiger partial charge in [-0.05, 0) is 57.3 Å². The first-order valence-electron chi connectivity index (χ1n) is 20.4. The predicted molar refractivity (Wildman–Crippen MR) is 249 cm³/mol. The zero-order chi connectivity index (χ0) is 41.7. The van der Waals surface area contributed by atoms with Gasteiger partial charge in [-0.1, -0.05) is 84.0 Å². The summed E-state index contributed by atoms with van der Waals surface area (Å²) < 4.78 is 9.92. The number of para-hydroxylation sites is 2. The molecule has 0 spiro atoms. The number of hydrogen-bond donors (Lipinski definition) is 0. The summed E-state index contributed by atoms with van der Waals surface area (Å²) in [7, 11) is 0. The Labute approximate surface area is 371 Å². The SMILES string of the molecule is CC(C)(C)c1cc(-c2ccccc2)cc(C(C)(C)C)c1-n1c(-c2[c-]cccc2)nc2ccccc21.Cc1nccc2c1oc1c(-c3cc[c]([Ge]([CH3])([CH3])[CH3])cn3)[c-]ccc12.[Ir]. The fourth-order valence-electron chi connectivity index (χ4n) is 7.76. The van der Waals surface area contributed by atoms with E-state index >= 15 is 0 Å². The maximum absolute atomic E-state index is 6.14. The van der Waals surface area contributed by atoms with Gasteiger partial charge in [-0.25, -0.2) is 0 Å². The van der Waals surface area contributed by atoms with Gasteiger partial charge >= 0.3 is 144 Å². The molecule has 60 heavy (non-hydrogen) atoms. The van der Waals surface area contributed by atoms with Crippen molar-refractivity contribution in [2.75, 3.05) is 0 Å². The van der Waals surface area contributed by atoms with Gasteiger partial charge in [0.1, 0.15) is 0 Å². The van der Waals surface area contributed by atoms with E-state index in [1.165, 1.54) is 32.3 Å². The molecular weight excluding hydrogens is 973 g/mol. The number of rotatable bonds is 5. The molecule has 0 saturated heterocycles. The first-order valence-corrected chi connectivity index (χ1v) is 27.8. The van der Waals surface area contributed by atoms with Crippen LogP contribution < -0.4 is 4.40 Å². The number of aryl methyl sites for hydroxylation is 1. The maximum Gasteiger partial charge on any atom is 0 e. The molecule has 0 fully saturated rings. The van der Waals surface area contributed by atoms with Gasteiger partial charge < -0.3 is 4.57 Å². The number of nitrogens with zero attached hydrogens (tertiary/aromatic N) is 4. The van der Waals surface area contributed by atoms with E-state index in [1.54, 1.807) is 0 Å². The molecule has 7 heteroatoms. The van der Waals surface area contributed by atoms with Gasteiger partial charge in [0.2, 0.25) is 0 Å². The fraction of sp³-hybridized carbons (Fsp3) is 0.226. The van der Waals surface area contributed by atoms with Crippen molar-refractivity contribution in [2.24, 2.45) is 0 Å². The number of pyridine rings is 2. The summed E-state index contributed by atoms with van der Waals surface area (Å²) in [6, 6.07) is 49.1. The topological polar surface area (TPSA) is 56.7 Å². The van der Waals surface area contributed by atoms with Gasteiger partial charge in [0.15, 0.2) is 0 Å². The molecule has 0 amide bonds. The van der Waals surface area contributed by atoms with Crippen LogP contribution >= 0.6 is 0 Å². The Bertz CT molecular complexity index is 2900. The van der Waals surface area contributed by atoms with Gasteiger partial charge in [-0.3, -0.25) is 4.98 Å². The molecule has 0 bridgehead atoms. The van der Waals surface area contributed by atoms with Crippen molar-refractivity contribution >= 4 is 50.6 Å². The second kappa shape index (κ2) is 16.7. The summed E-state index contributed by atoms with van der Waals surface area (Å²) in [6.07, 6.45) is 3.85. The van der Waals surface area contributed by atoms with Crippen molar-refractivity contribution in [3.63, 3.8) is 0 Å². The van der Waals surface area contributed by atoms with Crippen LogP contribution in [0.4, 0.5) is 0 Å². The Hall–Kier alpha value is -5.14. The molecule has 0 N–H and O–H groups in total. The molecule has 5 aromatic carbocycles. The molecule has 5 nitrogen and oxygen atoms in total. The van der Waals surface area contributed by atoms with Crippen LogP contribution in [0.25, 0.3) is 72.4 Å². The zero-order valence-corrected chi connectivity index (χ0v) is 40.7. The van der Waals surface area contributed by atoms with Crippen LogP contribution in [0.5, 0.6) is 0 Å². The molecule has 305 valence electrons. The molecule has 9 aromatic rings. The standard InChI is InChI=1S/C33H33N2.C20H19GeN2O.Ir/c1-32(2,3)26-21-25(23-15-9-7-10-16-23)22-27(33(4,5)6)30(26)35-29-20-14-13-19-28(29)34-31(35)24-17-11-8-12-18-24;1-13-19-16(10-11-22-13)15-6-5-7-17(20(15)24-19)18-9-8-14(12-23-18)21(2,3)4;/h7-17,19-22H,1-6H3;5-6,8-12H,1-4H3;/q2*-1;. The summed E-state index contributed by atoms with van der Waals surface area (Å²) in [5.74, 6) is 8.05. The summed E-state index contributed by atoms with van der Waals surface area (Å²) in [6.45, 7) is 15.8. The molecule has 0 atom stereocenters. The Kier molecular flexibility index (Phi) is 12.0. The molecule has 4 aromatic heterocycles. The summed E-state index contributed by atoms with van der Waals surface area (Å²) in [4.78, 5) is 14.1. The first-order chi connectivity index (χ1) is 28.1. The van der Waals surface area contributed by atoms with Crippen LogP contribution in [0.2, 0.25) is 17.3 Å². The van der Waals surface area contributed by atoms with Crippen LogP contribution in [0, 0.1) is 19.1 Å². The van der Waals surface area contributed by atoms with Crippen LogP contribution in [0.15, 0.2) is 138 Å². The van der Waals surface area contributed by atoms with Crippen molar-refractivity contribution in [1.29, 1.82) is 0 Å². The van der Waals surface area contributed by atoms with E-state index in [2.05, 4.69) is 171 Å². The third-order valence-corrected chi connectivity index (χ3v) is 15.2. The van der Waals surface area contributed by atoms with E-state index in [-0.39, 0.29) is 30.9 Å². The molecule has 0 aliphatic rings. The quantitative estimate of drug-likeness (QED) is 0.127. The fourth-order valence-corrected chi connectivity index (χ4v) is 9.93. The Morgan fingerprint density at radius 2 is 1.32 bits per heavy atom. The summed E-state index contributed by atoms with van der Waals surface area (Å²) in [5, 5.41) is 2.18. The molecule has 0 saturated carbocycles. The maximum atomic E-state index is 6.14. The van der Waals surface area contributed by atoms with Crippen molar-refractivity contribution < 1.29 is 24.5 Å². The summed E-state index contributed by atoms with van der Waals surface area (Å²) >= 11 is -1.85. The number of aromatic nitrogens is 4. The van der Waals surface area contributed by atoms with Gasteiger partial charge in [0.05, 0.1) is 16.9 Å². The molecule has 0 aliphatic heterocycles. The van der Waals surface area contributed by atoms with Crippen LogP contribution in [-0.2, 0) is 30.9 Å². The van der Waals surface area contributed by atoms with Crippen molar-refractivity contribution in [1.82, 2.24) is 19.5 Å². The first kappa shape index (κ1) is 43.0. The van der Waals surface area contributed by atoms with Crippen LogP contribution in [-0.4, -0.2) is 32.8 Å². The predicted octanol–water partition coefficient (Wildman–Crippen LogP) is 13.4. The van der Waals surface area contributed by atoms with E-state index in [0.29, 0.717) is 0 Å². The molecule has 0 unspecified atom stereocenters. The Balaban J connectivity index is 0.000000191. The van der Waals surface area contributed by atoms with E-state index < -0.39 is 13.3 Å². The van der Waals surface area contributed by atoms with E-state index in [9.17, 15) is 0 Å². The second-order valence-corrected chi connectivity index (χ2v) is 29.1. The molecule has 0 aliphatic carbocycles. The average Bonchev–Trinajstić information content (AvgIpc) is 3.80. The van der Waals surface area contributed by atoms with Crippen LogP contribution in [0.1, 0.15) is 58.4 Å². The largest absolute Gasteiger partial charge is 0 e. The van der Waals surface area contributed by atoms with E-state index in [4.69, 9.17) is 14.4 Å². The van der Waals surface area contributed by atoms with Gasteiger partial charge in [-0.15, -0.1) is 35.9 Å². The van der Waals surface area contributed by atoms with Gasteiger partial charge in [0, 0.05) is 25.8 Å². The smallest absolute Gasteiger partial charge is 0 e. The van der Waals surface area contributed by atoms with E-state index in [0.717, 1.165) is 61.3 Å². The minimum absolute atomic E-state index is 0. The minimum atomic E-state index is -1.85. The van der Waals surface area contributed by atoms with Crippen LogP contribution in [0.3, 0.4) is 0 Å². The second-order valence-electron chi connectivity index (χ2n) is 18.5. The van der Waals surface area contributed by atoms with Crippen molar-refractivity contribution in [3.8, 4) is 39.5 Å². The van der Waals surface area contributed by atoms with Gasteiger partial charge in [-0.2, -0.15) is 0 Å². The average molecular weight is 1030 g/mol. The monoisotopic (exact) mass is 1030 g/mol. The zero-order valence-electron chi connectivity index (χ0n) is 36.2. The number of imidazole rings is 1. The molecular formula is C53H52GeIrN4O-2. The number of benzene rings is 5. The molecule has 9 rings (SSSR count). The van der Waals surface area contributed by atoms with Crippen molar-refractivity contribution in [2.45, 2.75) is 76.6 Å². The van der Waals surface area contributed by atoms with Gasteiger partial charge in [0.25, 0.3) is 0 Å². The number of furan rings is 1. The number of fused-ring (bicyclic) bond motifs is 4. The summed E-state index contributed by atoms with van der Waals surface area (Å²) in [5.41, 5.74) is 13.7. The van der Waals surface area contributed by atoms with E-state index in [1.807, 2.05) is 49.6 Å². The van der Waals surface area contributed by atoms with Crippen molar-refractivity contribution in [3.05, 3.63) is 163 Å². The minimum Gasteiger partial charge on any atom is 0 e. The molecule has 4 heterocycles. The third kappa shape index (κ3) is 8.43.